The maximum Gasteiger partial charge on any atom is 0.106 e. The summed E-state index contributed by atoms with van der Waals surface area (Å²) < 4.78 is 0.622. The van der Waals surface area contributed by atoms with Crippen molar-refractivity contribution in [3.8, 4) is 0 Å². The van der Waals surface area contributed by atoms with Crippen LogP contribution in [-0.4, -0.2) is 44.9 Å². The van der Waals surface area contributed by atoms with Gasteiger partial charge in [-0.25, -0.2) is 5.43 Å². The number of hydrazine groups is 1. The molecule has 0 saturated heterocycles. The molecule has 0 radical (unpaired) electrons. The standard InChI is InChI=1S/C5H17N4/c1-6-7-9(4,5)8(2)3/h6-7H,1-5H3/q+1. The zero-order valence-corrected chi connectivity index (χ0v) is 6.89. The van der Waals surface area contributed by atoms with Crippen LogP contribution >= 0.6 is 0 Å². The molecule has 9 heavy (non-hydrogen) atoms. The minimum absolute atomic E-state index is 0.622. The van der Waals surface area contributed by atoms with Gasteiger partial charge in [0.05, 0.1) is 0 Å². The molecule has 0 heterocycles. The predicted octanol–water partition coefficient (Wildman–Crippen LogP) is -0.822. The van der Waals surface area contributed by atoms with E-state index in [1.165, 1.54) is 0 Å². The molecule has 56 valence electrons. The van der Waals surface area contributed by atoms with Gasteiger partial charge < -0.3 is 0 Å². The van der Waals surface area contributed by atoms with Crippen LogP contribution in [0.1, 0.15) is 0 Å². The van der Waals surface area contributed by atoms with Gasteiger partial charge in [-0.05, 0) is 0 Å². The first-order chi connectivity index (χ1) is 4.00. The van der Waals surface area contributed by atoms with Crippen molar-refractivity contribution in [1.82, 2.24) is 16.0 Å². The Morgan fingerprint density at radius 2 is 1.67 bits per heavy atom. The summed E-state index contributed by atoms with van der Waals surface area (Å²) in [5.74, 6) is 0. The number of nitrogens with one attached hydrogen (secondary N) is 2. The lowest BCUT2D eigenvalue weighted by atomic mass is 10.9. The number of quaternary nitrogens is 1. The number of hydrogen-bond donors (Lipinski definition) is 2. The Hall–Kier alpha value is -0.160. The van der Waals surface area contributed by atoms with Crippen molar-refractivity contribution < 1.29 is 4.70 Å². The van der Waals surface area contributed by atoms with Crippen LogP contribution in [0.2, 0.25) is 0 Å². The maximum absolute atomic E-state index is 3.03. The first-order valence-electron chi connectivity index (χ1n) is 2.96. The Kier molecular flexibility index (Phi) is 3.07. The van der Waals surface area contributed by atoms with E-state index >= 15 is 0 Å². The molecule has 2 N–H and O–H groups in total. The van der Waals surface area contributed by atoms with Crippen molar-refractivity contribution in [2.24, 2.45) is 0 Å². The van der Waals surface area contributed by atoms with Crippen molar-refractivity contribution >= 4 is 0 Å². The predicted molar refractivity (Wildman–Crippen MR) is 38.0 cm³/mol. The average molecular weight is 133 g/mol. The Balaban J connectivity index is 3.70. The largest absolute Gasteiger partial charge is 0.214 e. The van der Waals surface area contributed by atoms with E-state index in [1.807, 2.05) is 40.2 Å². The third kappa shape index (κ3) is 2.76. The monoisotopic (exact) mass is 133 g/mol. The van der Waals surface area contributed by atoms with Crippen LogP contribution in [0.4, 0.5) is 0 Å². The molecular weight excluding hydrogens is 116 g/mol. The van der Waals surface area contributed by atoms with Gasteiger partial charge in [0.2, 0.25) is 0 Å². The van der Waals surface area contributed by atoms with Gasteiger partial charge in [-0.2, -0.15) is 4.70 Å². The van der Waals surface area contributed by atoms with Gasteiger partial charge in [0.1, 0.15) is 14.1 Å². The van der Waals surface area contributed by atoms with Crippen LogP contribution in [0.3, 0.4) is 0 Å². The molecule has 0 aliphatic heterocycles. The molecular formula is C5H17N4+. The summed E-state index contributed by atoms with van der Waals surface area (Å²) in [5, 5.41) is 2.04. The molecule has 0 unspecified atom stereocenters. The third-order valence-electron chi connectivity index (χ3n) is 1.39. The lowest BCUT2D eigenvalue weighted by Crippen LogP contribution is -2.63. The summed E-state index contributed by atoms with van der Waals surface area (Å²) in [7, 11) is 9.94. The maximum atomic E-state index is 3.03. The van der Waals surface area contributed by atoms with Crippen LogP contribution in [0.15, 0.2) is 0 Å². The fourth-order valence-electron chi connectivity index (χ4n) is 0.374. The van der Waals surface area contributed by atoms with E-state index in [1.54, 1.807) is 0 Å². The van der Waals surface area contributed by atoms with Gasteiger partial charge in [0, 0.05) is 21.1 Å². The summed E-state index contributed by atoms with van der Waals surface area (Å²) in [5.41, 5.74) is 5.90. The number of hydrogen-bond acceptors (Lipinski definition) is 3. The van der Waals surface area contributed by atoms with Crippen molar-refractivity contribution in [2.45, 2.75) is 0 Å². The summed E-state index contributed by atoms with van der Waals surface area (Å²) >= 11 is 0. The van der Waals surface area contributed by atoms with Crippen LogP contribution in [0.5, 0.6) is 0 Å². The number of rotatable bonds is 3. The molecule has 0 saturated carbocycles. The fraction of sp³-hybridized carbons (Fsp3) is 1.00. The van der Waals surface area contributed by atoms with Crippen LogP contribution in [0, 0.1) is 0 Å². The van der Waals surface area contributed by atoms with E-state index in [9.17, 15) is 0 Å². The second-order valence-electron chi connectivity index (χ2n) is 2.60. The highest BCUT2D eigenvalue weighted by Crippen LogP contribution is 1.89. The van der Waals surface area contributed by atoms with Crippen LogP contribution < -0.4 is 11.0 Å². The molecule has 0 spiro atoms. The molecule has 4 nitrogen and oxygen atoms in total. The Morgan fingerprint density at radius 3 is 1.78 bits per heavy atom. The Morgan fingerprint density at radius 1 is 1.22 bits per heavy atom. The lowest BCUT2D eigenvalue weighted by molar-refractivity contribution is -1.04. The van der Waals surface area contributed by atoms with Gasteiger partial charge in [-0.15, -0.1) is 5.01 Å². The van der Waals surface area contributed by atoms with E-state index < -0.39 is 0 Å². The zero-order valence-electron chi connectivity index (χ0n) is 6.89. The zero-order chi connectivity index (χ0) is 7.49. The van der Waals surface area contributed by atoms with E-state index in [0.29, 0.717) is 4.70 Å². The highest BCUT2D eigenvalue weighted by atomic mass is 16.0. The Labute approximate surface area is 56.9 Å². The summed E-state index contributed by atoms with van der Waals surface area (Å²) in [6.45, 7) is 0. The van der Waals surface area contributed by atoms with Crippen molar-refractivity contribution in [2.75, 3.05) is 35.2 Å². The molecule has 0 fully saturated rings. The van der Waals surface area contributed by atoms with Gasteiger partial charge in [-0.1, -0.05) is 5.53 Å². The molecule has 0 aromatic heterocycles. The molecule has 4 heteroatoms. The molecule has 0 atom stereocenters. The Bertz CT molecular complexity index is 79.0. The molecule has 0 aliphatic carbocycles. The highest BCUT2D eigenvalue weighted by molar-refractivity contribution is 4.09. The minimum Gasteiger partial charge on any atom is -0.214 e. The normalized spacial score (nSPS) is 12.7. The quantitative estimate of drug-likeness (QED) is 0.389. The molecule has 0 aromatic rings. The highest BCUT2D eigenvalue weighted by Gasteiger charge is 2.15. The summed E-state index contributed by atoms with van der Waals surface area (Å²) in [6.07, 6.45) is 0. The molecule has 0 bridgehead atoms. The van der Waals surface area contributed by atoms with Crippen molar-refractivity contribution in [1.29, 1.82) is 0 Å². The fourth-order valence-corrected chi connectivity index (χ4v) is 0.374. The van der Waals surface area contributed by atoms with Crippen LogP contribution in [0.25, 0.3) is 0 Å². The SMILES string of the molecule is CNN[N+](C)(C)N(C)C. The minimum atomic E-state index is 0.622. The first kappa shape index (κ1) is 8.84. The van der Waals surface area contributed by atoms with Gasteiger partial charge in [0.15, 0.2) is 0 Å². The number of nitrogens with zero attached hydrogens (tertiary/aromatic N) is 2. The smallest absolute Gasteiger partial charge is 0.106 e. The van der Waals surface area contributed by atoms with Crippen molar-refractivity contribution in [3.05, 3.63) is 0 Å². The summed E-state index contributed by atoms with van der Waals surface area (Å²) in [6, 6.07) is 0. The van der Waals surface area contributed by atoms with E-state index in [0.717, 1.165) is 0 Å². The van der Waals surface area contributed by atoms with Crippen LogP contribution in [-0.2, 0) is 0 Å². The lowest BCUT2D eigenvalue weighted by Gasteiger charge is -2.33. The molecule has 0 amide bonds. The van der Waals surface area contributed by atoms with E-state index in [4.69, 9.17) is 0 Å². The molecule has 0 rings (SSSR count). The molecule has 0 aromatic carbocycles. The van der Waals surface area contributed by atoms with Gasteiger partial charge in [-0.3, -0.25) is 0 Å². The average Bonchev–Trinajstić information content (AvgIpc) is 1.65. The third-order valence-corrected chi connectivity index (χ3v) is 1.39. The molecule has 0 aliphatic rings. The topological polar surface area (TPSA) is 27.3 Å². The van der Waals surface area contributed by atoms with Gasteiger partial charge in [0.25, 0.3) is 0 Å². The van der Waals surface area contributed by atoms with E-state index in [2.05, 4.69) is 11.0 Å². The van der Waals surface area contributed by atoms with Gasteiger partial charge >= 0.3 is 0 Å². The van der Waals surface area contributed by atoms with E-state index in [-0.39, 0.29) is 0 Å². The second-order valence-corrected chi connectivity index (χ2v) is 2.60. The summed E-state index contributed by atoms with van der Waals surface area (Å²) in [4.78, 5) is 0. The van der Waals surface area contributed by atoms with Crippen molar-refractivity contribution in [3.63, 3.8) is 0 Å². The second kappa shape index (κ2) is 3.12. The first-order valence-corrected chi connectivity index (χ1v) is 2.96.